The average molecular weight is 431 g/mol. The minimum Gasteiger partial charge on any atom is -0.386 e. The van der Waals surface area contributed by atoms with Gasteiger partial charge in [-0.3, -0.25) is 4.79 Å². The molecule has 1 aliphatic heterocycles. The van der Waals surface area contributed by atoms with Crippen molar-refractivity contribution in [1.82, 2.24) is 4.90 Å². The number of anilines is 2. The number of hydrogen-bond donors (Lipinski definition) is 3. The maximum Gasteiger partial charge on any atom is 0.323 e. The summed E-state index contributed by atoms with van der Waals surface area (Å²) in [4.78, 5) is 26.3. The van der Waals surface area contributed by atoms with E-state index in [4.69, 9.17) is 4.74 Å². The number of ether oxygens (including phenoxy) is 1. The number of para-hydroxylation sites is 1. The molecule has 7 heteroatoms. The van der Waals surface area contributed by atoms with Crippen molar-refractivity contribution in [1.29, 1.82) is 0 Å². The van der Waals surface area contributed by atoms with Crippen molar-refractivity contribution in [2.45, 2.75) is 18.7 Å². The van der Waals surface area contributed by atoms with Crippen molar-refractivity contribution in [3.63, 3.8) is 0 Å². The Hall–Kier alpha value is -3.68. The summed E-state index contributed by atoms with van der Waals surface area (Å²) in [6, 6.07) is 24.9. The molecular formula is C25H25N3O4. The van der Waals surface area contributed by atoms with Crippen molar-refractivity contribution in [3.05, 3.63) is 96.1 Å². The number of nitrogens with one attached hydrogen (secondary N) is 2. The first-order chi connectivity index (χ1) is 15.6. The van der Waals surface area contributed by atoms with Crippen LogP contribution in [0, 0.1) is 0 Å². The third kappa shape index (κ3) is 5.32. The number of carbonyl (C=O) groups is 2. The predicted molar refractivity (Wildman–Crippen MR) is 122 cm³/mol. The molecule has 3 aromatic carbocycles. The second kappa shape index (κ2) is 10.1. The SMILES string of the molecule is O=C(Nc1ccccc1)Nc1ccc(C(O)C2COCC(=O)N2Cc2ccccc2)cc1. The van der Waals surface area contributed by atoms with Gasteiger partial charge in [-0.25, -0.2) is 4.79 Å². The largest absolute Gasteiger partial charge is 0.386 e. The second-order valence-electron chi connectivity index (χ2n) is 7.60. The molecule has 1 aliphatic rings. The Labute approximate surface area is 186 Å². The molecule has 0 bridgehead atoms. The number of hydrogen-bond acceptors (Lipinski definition) is 4. The van der Waals surface area contributed by atoms with Crippen molar-refractivity contribution in [3.8, 4) is 0 Å². The Bertz CT molecular complexity index is 1040. The summed E-state index contributed by atoms with van der Waals surface area (Å²) in [5, 5.41) is 16.5. The second-order valence-corrected chi connectivity index (χ2v) is 7.60. The first kappa shape index (κ1) is 21.5. The van der Waals surface area contributed by atoms with Crippen LogP contribution in [0.4, 0.5) is 16.2 Å². The minimum atomic E-state index is -0.921. The van der Waals surface area contributed by atoms with E-state index < -0.39 is 12.1 Å². The fraction of sp³-hybridized carbons (Fsp3) is 0.200. The molecule has 2 unspecified atom stereocenters. The summed E-state index contributed by atoms with van der Waals surface area (Å²) >= 11 is 0. The van der Waals surface area contributed by atoms with Crippen LogP contribution in [0.3, 0.4) is 0 Å². The maximum atomic E-state index is 12.5. The Balaban J connectivity index is 1.42. The van der Waals surface area contributed by atoms with Crippen LogP contribution in [0.1, 0.15) is 17.2 Å². The number of rotatable bonds is 6. The van der Waals surface area contributed by atoms with Gasteiger partial charge in [-0.1, -0.05) is 60.7 Å². The quantitative estimate of drug-likeness (QED) is 0.554. The normalized spacial score (nSPS) is 17.0. The summed E-state index contributed by atoms with van der Waals surface area (Å²) in [7, 11) is 0. The van der Waals surface area contributed by atoms with Crippen molar-refractivity contribution >= 4 is 23.3 Å². The van der Waals surface area contributed by atoms with Crippen LogP contribution >= 0.6 is 0 Å². The zero-order chi connectivity index (χ0) is 22.3. The number of aliphatic hydroxyl groups excluding tert-OH is 1. The zero-order valence-electron chi connectivity index (χ0n) is 17.5. The molecule has 0 aromatic heterocycles. The number of nitrogens with zero attached hydrogens (tertiary/aromatic N) is 1. The molecule has 2 atom stereocenters. The molecule has 3 amide bonds. The predicted octanol–water partition coefficient (Wildman–Crippen LogP) is 3.79. The summed E-state index contributed by atoms with van der Waals surface area (Å²) in [5.41, 5.74) is 2.91. The number of amides is 3. The van der Waals surface area contributed by atoms with Crippen LogP contribution in [-0.4, -0.2) is 41.2 Å². The van der Waals surface area contributed by atoms with Gasteiger partial charge in [0.1, 0.15) is 12.7 Å². The molecule has 3 aromatic rings. The van der Waals surface area contributed by atoms with Crippen molar-refractivity contribution < 1.29 is 19.4 Å². The monoisotopic (exact) mass is 431 g/mol. The summed E-state index contributed by atoms with van der Waals surface area (Å²) in [6.45, 7) is 0.665. The zero-order valence-corrected chi connectivity index (χ0v) is 17.5. The highest BCUT2D eigenvalue weighted by Crippen LogP contribution is 2.26. The van der Waals surface area contributed by atoms with E-state index in [1.165, 1.54) is 0 Å². The Morgan fingerprint density at radius 1 is 0.938 bits per heavy atom. The first-order valence-electron chi connectivity index (χ1n) is 10.4. The van der Waals surface area contributed by atoms with Gasteiger partial charge < -0.3 is 25.4 Å². The number of aliphatic hydroxyl groups is 1. The van der Waals surface area contributed by atoms with E-state index in [0.29, 0.717) is 23.5 Å². The summed E-state index contributed by atoms with van der Waals surface area (Å²) < 4.78 is 5.42. The molecule has 1 fully saturated rings. The highest BCUT2D eigenvalue weighted by atomic mass is 16.5. The molecule has 0 radical (unpaired) electrons. The topological polar surface area (TPSA) is 90.9 Å². The molecule has 1 heterocycles. The number of benzene rings is 3. The van der Waals surface area contributed by atoms with E-state index in [-0.39, 0.29) is 25.2 Å². The van der Waals surface area contributed by atoms with Gasteiger partial charge in [0.15, 0.2) is 0 Å². The van der Waals surface area contributed by atoms with Gasteiger partial charge in [0.2, 0.25) is 5.91 Å². The van der Waals surface area contributed by atoms with Crippen LogP contribution < -0.4 is 10.6 Å². The molecule has 164 valence electrons. The van der Waals surface area contributed by atoms with Crippen LogP contribution in [0.25, 0.3) is 0 Å². The highest BCUT2D eigenvalue weighted by Gasteiger charge is 2.34. The van der Waals surface area contributed by atoms with Gasteiger partial charge in [0.25, 0.3) is 0 Å². The van der Waals surface area contributed by atoms with E-state index in [1.807, 2.05) is 48.5 Å². The molecule has 0 spiro atoms. The molecule has 0 saturated carbocycles. The lowest BCUT2D eigenvalue weighted by molar-refractivity contribution is -0.155. The third-order valence-electron chi connectivity index (χ3n) is 5.34. The van der Waals surface area contributed by atoms with Crippen molar-refractivity contribution in [2.24, 2.45) is 0 Å². The molecule has 4 rings (SSSR count). The van der Waals surface area contributed by atoms with Gasteiger partial charge in [0, 0.05) is 17.9 Å². The lowest BCUT2D eigenvalue weighted by atomic mass is 9.99. The Morgan fingerprint density at radius 3 is 2.19 bits per heavy atom. The number of urea groups is 1. The van der Waals surface area contributed by atoms with Gasteiger partial charge in [-0.05, 0) is 35.4 Å². The maximum absolute atomic E-state index is 12.5. The fourth-order valence-corrected chi connectivity index (χ4v) is 3.67. The Morgan fingerprint density at radius 2 is 1.53 bits per heavy atom. The number of carbonyl (C=O) groups excluding carboxylic acids is 2. The van der Waals surface area contributed by atoms with Crippen LogP contribution in [0.2, 0.25) is 0 Å². The molecular weight excluding hydrogens is 406 g/mol. The van der Waals surface area contributed by atoms with Crippen LogP contribution in [0.15, 0.2) is 84.9 Å². The minimum absolute atomic E-state index is 0.00936. The van der Waals surface area contributed by atoms with E-state index in [2.05, 4.69) is 10.6 Å². The average Bonchev–Trinajstić information content (AvgIpc) is 2.82. The van der Waals surface area contributed by atoms with Gasteiger partial charge >= 0.3 is 6.03 Å². The fourth-order valence-electron chi connectivity index (χ4n) is 3.67. The molecule has 1 saturated heterocycles. The molecule has 3 N–H and O–H groups in total. The molecule has 32 heavy (non-hydrogen) atoms. The Kier molecular flexibility index (Phi) is 6.79. The van der Waals surface area contributed by atoms with Gasteiger partial charge in [-0.2, -0.15) is 0 Å². The van der Waals surface area contributed by atoms with E-state index in [9.17, 15) is 14.7 Å². The highest BCUT2D eigenvalue weighted by molar-refractivity contribution is 5.99. The third-order valence-corrected chi connectivity index (χ3v) is 5.34. The van der Waals surface area contributed by atoms with Gasteiger partial charge in [0.05, 0.1) is 12.6 Å². The summed E-state index contributed by atoms with van der Waals surface area (Å²) in [6.07, 6.45) is -0.921. The lowest BCUT2D eigenvalue weighted by Gasteiger charge is -2.38. The smallest absolute Gasteiger partial charge is 0.323 e. The number of morpholine rings is 1. The van der Waals surface area contributed by atoms with Gasteiger partial charge in [-0.15, -0.1) is 0 Å². The molecule has 0 aliphatic carbocycles. The summed E-state index contributed by atoms with van der Waals surface area (Å²) in [5.74, 6) is -0.153. The lowest BCUT2D eigenvalue weighted by Crippen LogP contribution is -2.51. The molecule has 7 nitrogen and oxygen atoms in total. The standard InChI is InChI=1S/C25H25N3O4/c29-23-17-32-16-22(28(23)15-18-7-3-1-4-8-18)24(30)19-11-13-21(14-12-19)27-25(31)26-20-9-5-2-6-10-20/h1-14,22,24,30H,15-17H2,(H2,26,27,31). The van der Waals surface area contributed by atoms with E-state index >= 15 is 0 Å². The van der Waals surface area contributed by atoms with E-state index in [0.717, 1.165) is 5.56 Å². The van der Waals surface area contributed by atoms with Crippen LogP contribution in [-0.2, 0) is 16.1 Å². The van der Waals surface area contributed by atoms with Crippen molar-refractivity contribution in [2.75, 3.05) is 23.8 Å². The van der Waals surface area contributed by atoms with E-state index in [1.54, 1.807) is 41.3 Å². The first-order valence-corrected chi connectivity index (χ1v) is 10.4. The van der Waals surface area contributed by atoms with Crippen LogP contribution in [0.5, 0.6) is 0 Å².